The lowest BCUT2D eigenvalue weighted by Gasteiger charge is -2.21. The van der Waals surface area contributed by atoms with Gasteiger partial charge in [0, 0.05) is 6.54 Å². The molecule has 31 heavy (non-hydrogen) atoms. The normalized spacial score (nSPS) is 17.2. The van der Waals surface area contributed by atoms with Crippen molar-refractivity contribution >= 4 is 44.9 Å². The van der Waals surface area contributed by atoms with Crippen molar-refractivity contribution in [3.63, 3.8) is 0 Å². The number of aromatic nitrogens is 2. The Morgan fingerprint density at radius 1 is 1.26 bits per heavy atom. The molecule has 164 valence electrons. The third-order valence-corrected chi connectivity index (χ3v) is 8.85. The molecule has 0 spiro atoms. The van der Waals surface area contributed by atoms with E-state index < -0.39 is 22.0 Å². The second-order valence-electron chi connectivity index (χ2n) is 7.42. The van der Waals surface area contributed by atoms with Crippen LogP contribution in [-0.4, -0.2) is 41.4 Å². The lowest BCUT2D eigenvalue weighted by Crippen LogP contribution is -2.42. The molecule has 0 radical (unpaired) electrons. The van der Waals surface area contributed by atoms with Gasteiger partial charge in [-0.05, 0) is 55.5 Å². The molecule has 4 rings (SSSR count). The van der Waals surface area contributed by atoms with Gasteiger partial charge in [-0.2, -0.15) is 4.31 Å². The summed E-state index contributed by atoms with van der Waals surface area (Å²) in [4.78, 5) is 12.8. The molecule has 0 saturated carbocycles. The number of thiophene rings is 1. The van der Waals surface area contributed by atoms with Crippen LogP contribution in [0, 0.1) is 13.8 Å². The topological polar surface area (TPSA) is 105 Å². The van der Waals surface area contributed by atoms with Gasteiger partial charge in [0.1, 0.15) is 10.3 Å². The van der Waals surface area contributed by atoms with Crippen LogP contribution in [0.25, 0.3) is 0 Å². The Kier molecular flexibility index (Phi) is 6.16. The summed E-state index contributed by atoms with van der Waals surface area (Å²) in [5, 5.41) is 10.4. The molecule has 3 aromatic rings. The summed E-state index contributed by atoms with van der Waals surface area (Å²) < 4.78 is 33.1. The van der Waals surface area contributed by atoms with Crippen molar-refractivity contribution in [2.24, 2.45) is 0 Å². The van der Waals surface area contributed by atoms with E-state index in [4.69, 9.17) is 16.0 Å². The van der Waals surface area contributed by atoms with Crippen molar-refractivity contribution < 1.29 is 17.6 Å². The van der Waals surface area contributed by atoms with Gasteiger partial charge in [-0.15, -0.1) is 16.4 Å². The second kappa shape index (κ2) is 8.70. The third-order valence-electron chi connectivity index (χ3n) is 5.24. The van der Waals surface area contributed by atoms with Crippen molar-refractivity contribution in [1.82, 2.24) is 14.5 Å². The number of halogens is 1. The van der Waals surface area contributed by atoms with Crippen LogP contribution < -0.4 is 5.32 Å². The van der Waals surface area contributed by atoms with Crippen molar-refractivity contribution in [1.29, 1.82) is 0 Å². The number of amides is 1. The van der Waals surface area contributed by atoms with Crippen LogP contribution in [0.3, 0.4) is 0 Å². The molecule has 0 bridgehead atoms. The summed E-state index contributed by atoms with van der Waals surface area (Å²) in [7, 11) is -3.81. The van der Waals surface area contributed by atoms with E-state index in [0.717, 1.165) is 16.9 Å². The summed E-state index contributed by atoms with van der Waals surface area (Å²) in [6, 6.07) is 8.15. The lowest BCUT2D eigenvalue weighted by atomic mass is 10.0. The number of nitrogens with one attached hydrogen (secondary N) is 1. The van der Waals surface area contributed by atoms with E-state index in [1.807, 2.05) is 26.0 Å². The van der Waals surface area contributed by atoms with Crippen LogP contribution >= 0.6 is 22.9 Å². The quantitative estimate of drug-likeness (QED) is 0.575. The second-order valence-corrected chi connectivity index (χ2v) is 11.3. The zero-order valence-electron chi connectivity index (χ0n) is 17.0. The summed E-state index contributed by atoms with van der Waals surface area (Å²) >= 11 is 6.85. The lowest BCUT2D eigenvalue weighted by molar-refractivity contribution is -0.119. The highest BCUT2D eigenvalue weighted by molar-refractivity contribution is 7.91. The molecule has 1 saturated heterocycles. The van der Waals surface area contributed by atoms with Crippen molar-refractivity contribution in [3.8, 4) is 0 Å². The van der Waals surface area contributed by atoms with Crippen LogP contribution in [0.2, 0.25) is 4.34 Å². The van der Waals surface area contributed by atoms with Gasteiger partial charge in [0.25, 0.3) is 10.0 Å². The highest BCUT2D eigenvalue weighted by Gasteiger charge is 2.40. The molecule has 0 aliphatic carbocycles. The van der Waals surface area contributed by atoms with Crippen LogP contribution in [-0.2, 0) is 21.2 Å². The number of carbonyl (C=O) groups excluding carboxylic acids is 1. The van der Waals surface area contributed by atoms with Crippen molar-refractivity contribution in [3.05, 3.63) is 57.2 Å². The largest absolute Gasteiger partial charge is 0.407 e. The fourth-order valence-corrected chi connectivity index (χ4v) is 6.76. The molecule has 1 aromatic carbocycles. The van der Waals surface area contributed by atoms with E-state index in [9.17, 15) is 13.2 Å². The molecule has 1 fully saturated rings. The first-order chi connectivity index (χ1) is 14.7. The Morgan fingerprint density at radius 2 is 2.06 bits per heavy atom. The molecular formula is C20H21ClN4O4S2. The van der Waals surface area contributed by atoms with Gasteiger partial charge in [0.05, 0.1) is 10.8 Å². The monoisotopic (exact) mass is 480 g/mol. The molecule has 1 N–H and O–H groups in total. The van der Waals surface area contributed by atoms with E-state index in [1.54, 1.807) is 0 Å². The zero-order valence-corrected chi connectivity index (χ0v) is 19.4. The number of sulfonamides is 1. The maximum absolute atomic E-state index is 12.9. The van der Waals surface area contributed by atoms with Crippen molar-refractivity contribution in [2.45, 2.75) is 43.4 Å². The van der Waals surface area contributed by atoms with Crippen molar-refractivity contribution in [2.75, 3.05) is 11.9 Å². The SMILES string of the molecule is Cc1ccc(Cc2nnc(NC(=O)C3CCCN3S(=O)(=O)c3ccc(Cl)s3)o2)cc1C. The number of hydrogen-bond donors (Lipinski definition) is 1. The molecule has 1 aliphatic rings. The van der Waals surface area contributed by atoms with E-state index in [1.165, 1.54) is 27.6 Å². The van der Waals surface area contributed by atoms with E-state index in [2.05, 4.69) is 21.6 Å². The molecule has 1 aliphatic heterocycles. The molecule has 1 amide bonds. The summed E-state index contributed by atoms with van der Waals surface area (Å²) in [5.41, 5.74) is 3.38. The minimum atomic E-state index is -3.81. The molecule has 3 heterocycles. The number of carbonyl (C=O) groups is 1. The van der Waals surface area contributed by atoms with Gasteiger partial charge in [-0.1, -0.05) is 34.9 Å². The third kappa shape index (κ3) is 4.67. The maximum atomic E-state index is 12.9. The minimum absolute atomic E-state index is 0.0488. The predicted molar refractivity (Wildman–Crippen MR) is 118 cm³/mol. The predicted octanol–water partition coefficient (Wildman–Crippen LogP) is 3.78. The van der Waals surface area contributed by atoms with Crippen LogP contribution in [0.5, 0.6) is 0 Å². The van der Waals surface area contributed by atoms with Gasteiger partial charge in [-0.25, -0.2) is 8.42 Å². The fraction of sp³-hybridized carbons (Fsp3) is 0.350. The Morgan fingerprint density at radius 3 is 2.77 bits per heavy atom. The first-order valence-electron chi connectivity index (χ1n) is 9.70. The number of aryl methyl sites for hydroxylation is 2. The average Bonchev–Trinajstić information content (AvgIpc) is 3.46. The highest BCUT2D eigenvalue weighted by atomic mass is 35.5. The van der Waals surface area contributed by atoms with E-state index in [-0.39, 0.29) is 16.8 Å². The molecule has 1 atom stereocenters. The Bertz CT molecular complexity index is 1220. The maximum Gasteiger partial charge on any atom is 0.322 e. The van der Waals surface area contributed by atoms with Gasteiger partial charge >= 0.3 is 6.01 Å². The van der Waals surface area contributed by atoms with Crippen LogP contribution in [0.1, 0.15) is 35.4 Å². The molecule has 2 aromatic heterocycles. The molecule has 1 unspecified atom stereocenters. The first-order valence-corrected chi connectivity index (χ1v) is 12.3. The molecule has 11 heteroatoms. The van der Waals surface area contributed by atoms with E-state index >= 15 is 0 Å². The van der Waals surface area contributed by atoms with Gasteiger partial charge in [0.2, 0.25) is 11.8 Å². The minimum Gasteiger partial charge on any atom is -0.407 e. The van der Waals surface area contributed by atoms with Crippen LogP contribution in [0.15, 0.2) is 39.0 Å². The number of benzene rings is 1. The van der Waals surface area contributed by atoms with Gasteiger partial charge < -0.3 is 4.42 Å². The Labute approximate surface area is 189 Å². The van der Waals surface area contributed by atoms with E-state index in [0.29, 0.717) is 29.5 Å². The highest BCUT2D eigenvalue weighted by Crippen LogP contribution is 2.32. The molecular weight excluding hydrogens is 460 g/mol. The van der Waals surface area contributed by atoms with Crippen LogP contribution in [0.4, 0.5) is 6.01 Å². The van der Waals surface area contributed by atoms with Gasteiger partial charge in [-0.3, -0.25) is 10.1 Å². The number of anilines is 1. The molecule has 8 nitrogen and oxygen atoms in total. The zero-order chi connectivity index (χ0) is 22.2. The standard InChI is InChI=1S/C20H21ClN4O4S2/c1-12-5-6-14(10-13(12)2)11-17-23-24-20(29-17)22-19(26)15-4-3-9-25(15)31(27,28)18-8-7-16(21)30-18/h5-8,10,15H,3-4,9,11H2,1-2H3,(H,22,24,26). The fourth-order valence-electron chi connectivity index (χ4n) is 3.49. The summed E-state index contributed by atoms with van der Waals surface area (Å²) in [6.45, 7) is 4.33. The average molecular weight is 481 g/mol. The summed E-state index contributed by atoms with van der Waals surface area (Å²) in [6.07, 6.45) is 1.43. The van der Waals surface area contributed by atoms with Gasteiger partial charge in [0.15, 0.2) is 0 Å². The Balaban J connectivity index is 1.45. The summed E-state index contributed by atoms with van der Waals surface area (Å²) in [5.74, 6) is -0.132. The number of nitrogens with zero attached hydrogens (tertiary/aromatic N) is 3. The smallest absolute Gasteiger partial charge is 0.322 e. The Hall–Kier alpha value is -2.27. The number of rotatable bonds is 6. The first kappa shape index (κ1) is 21.9. The number of hydrogen-bond acceptors (Lipinski definition) is 7.